The van der Waals surface area contributed by atoms with E-state index in [1.807, 2.05) is 10.8 Å². The first-order chi connectivity index (χ1) is 12.2. The quantitative estimate of drug-likeness (QED) is 0.816. The summed E-state index contributed by atoms with van der Waals surface area (Å²) in [6.07, 6.45) is 7.60. The smallest absolute Gasteiger partial charge is 0.249 e. The first-order valence-corrected chi connectivity index (χ1v) is 9.12. The van der Waals surface area contributed by atoms with Crippen LogP contribution in [0.25, 0.3) is 10.8 Å². The van der Waals surface area contributed by atoms with Gasteiger partial charge in [-0.15, -0.1) is 0 Å². The number of rotatable bonds is 2. The van der Waals surface area contributed by atoms with E-state index >= 15 is 0 Å². The van der Waals surface area contributed by atoms with E-state index in [1.165, 1.54) is 23.9 Å². The van der Waals surface area contributed by atoms with Crippen LogP contribution in [0, 0.1) is 0 Å². The van der Waals surface area contributed by atoms with Gasteiger partial charge in [-0.3, -0.25) is 14.9 Å². The lowest BCUT2D eigenvalue weighted by molar-refractivity contribution is -0.135. The van der Waals surface area contributed by atoms with Gasteiger partial charge in [0.1, 0.15) is 6.04 Å². The number of nitrogens with zero attached hydrogens (tertiary/aromatic N) is 2. The molecule has 3 saturated heterocycles. The van der Waals surface area contributed by atoms with Crippen molar-refractivity contribution >= 4 is 28.3 Å². The molecular weight excluding hydrogens is 316 g/mol. The molecule has 3 fully saturated rings. The number of imide groups is 1. The minimum atomic E-state index is -0.294. The van der Waals surface area contributed by atoms with Gasteiger partial charge in [0.2, 0.25) is 11.8 Å². The number of piperazine rings is 1. The van der Waals surface area contributed by atoms with Crippen molar-refractivity contribution in [2.45, 2.75) is 43.8 Å². The number of hydrogen-bond acceptors (Lipinski definition) is 4. The lowest BCUT2D eigenvalue weighted by atomic mass is 10.1. The topological polar surface area (TPSA) is 66.4 Å². The molecule has 1 aromatic carbocycles. The summed E-state index contributed by atoms with van der Waals surface area (Å²) in [5, 5.41) is 8.46. The number of benzene rings is 1. The van der Waals surface area contributed by atoms with Crippen LogP contribution in [-0.2, 0) is 9.59 Å². The molecule has 1 aromatic heterocycles. The number of nitrogens with one attached hydrogen (secondary N) is 2. The van der Waals surface area contributed by atoms with Gasteiger partial charge in [0.25, 0.3) is 0 Å². The predicted molar refractivity (Wildman–Crippen MR) is 95.5 cm³/mol. The van der Waals surface area contributed by atoms with E-state index in [-0.39, 0.29) is 17.9 Å². The third-order valence-corrected chi connectivity index (χ3v) is 5.81. The Bertz CT molecular complexity index is 846. The first-order valence-electron chi connectivity index (χ1n) is 9.12. The largest absolute Gasteiger partial charge is 0.368 e. The second-order valence-electron chi connectivity index (χ2n) is 7.50. The summed E-state index contributed by atoms with van der Waals surface area (Å²) in [5.74, 6) is -0.367. The SMILES string of the molecule is O=C1CCC(n2cc3cccc(N4C[C@H]5CC[C@@H](C4)N5)c3c2)C(=O)N1. The Morgan fingerprint density at radius 1 is 1.00 bits per heavy atom. The number of carbonyl (C=O) groups excluding carboxylic acids is 2. The number of piperidine rings is 1. The van der Waals surface area contributed by atoms with E-state index < -0.39 is 0 Å². The maximum atomic E-state index is 12.2. The van der Waals surface area contributed by atoms with E-state index in [1.54, 1.807) is 0 Å². The normalized spacial score (nSPS) is 29.3. The average Bonchev–Trinajstić information content (AvgIpc) is 3.17. The molecule has 4 heterocycles. The molecule has 0 spiro atoms. The Morgan fingerprint density at radius 2 is 1.80 bits per heavy atom. The summed E-state index contributed by atoms with van der Waals surface area (Å²) in [6, 6.07) is 7.26. The Balaban J connectivity index is 1.50. The number of anilines is 1. The van der Waals surface area contributed by atoms with E-state index in [0.717, 1.165) is 18.5 Å². The monoisotopic (exact) mass is 338 g/mol. The highest BCUT2D eigenvalue weighted by molar-refractivity contribution is 6.00. The Morgan fingerprint density at radius 3 is 2.56 bits per heavy atom. The van der Waals surface area contributed by atoms with Crippen LogP contribution in [0.4, 0.5) is 5.69 Å². The van der Waals surface area contributed by atoms with Gasteiger partial charge in [-0.05, 0) is 25.3 Å². The zero-order chi connectivity index (χ0) is 17.0. The number of hydrogen-bond donors (Lipinski definition) is 2. The van der Waals surface area contributed by atoms with Crippen molar-refractivity contribution in [3.05, 3.63) is 30.6 Å². The summed E-state index contributed by atoms with van der Waals surface area (Å²) >= 11 is 0. The summed E-state index contributed by atoms with van der Waals surface area (Å²) in [5.41, 5.74) is 1.25. The molecule has 0 saturated carbocycles. The van der Waals surface area contributed by atoms with Gasteiger partial charge in [-0.2, -0.15) is 0 Å². The third-order valence-electron chi connectivity index (χ3n) is 5.81. The van der Waals surface area contributed by atoms with Crippen molar-refractivity contribution in [3.8, 4) is 0 Å². The van der Waals surface area contributed by atoms with Crippen LogP contribution in [0.2, 0.25) is 0 Å². The van der Waals surface area contributed by atoms with Crippen LogP contribution in [-0.4, -0.2) is 41.6 Å². The fraction of sp³-hybridized carbons (Fsp3) is 0.474. The van der Waals surface area contributed by atoms with E-state index in [4.69, 9.17) is 0 Å². The van der Waals surface area contributed by atoms with Gasteiger partial charge in [0.05, 0.1) is 0 Å². The average molecular weight is 338 g/mol. The fourth-order valence-electron chi connectivity index (χ4n) is 4.59. The fourth-order valence-corrected chi connectivity index (χ4v) is 4.59. The predicted octanol–water partition coefficient (Wildman–Crippen LogP) is 1.56. The lowest BCUT2D eigenvalue weighted by Crippen LogP contribution is -2.51. The van der Waals surface area contributed by atoms with Crippen molar-refractivity contribution < 1.29 is 9.59 Å². The van der Waals surface area contributed by atoms with Crippen LogP contribution in [0.5, 0.6) is 0 Å². The maximum absolute atomic E-state index is 12.2. The number of fused-ring (bicyclic) bond motifs is 3. The molecule has 6 heteroatoms. The molecule has 3 atom stereocenters. The molecule has 25 heavy (non-hydrogen) atoms. The molecule has 2 N–H and O–H groups in total. The maximum Gasteiger partial charge on any atom is 0.249 e. The molecule has 1 unspecified atom stereocenters. The molecule has 0 aliphatic carbocycles. The molecule has 2 amide bonds. The minimum absolute atomic E-state index is 0.171. The van der Waals surface area contributed by atoms with Crippen LogP contribution in [0.1, 0.15) is 31.7 Å². The van der Waals surface area contributed by atoms with Crippen LogP contribution >= 0.6 is 0 Å². The van der Waals surface area contributed by atoms with Crippen LogP contribution < -0.4 is 15.5 Å². The molecule has 2 bridgehead atoms. The van der Waals surface area contributed by atoms with E-state index in [2.05, 4.69) is 39.9 Å². The van der Waals surface area contributed by atoms with Crippen LogP contribution in [0.15, 0.2) is 30.6 Å². The van der Waals surface area contributed by atoms with Crippen molar-refractivity contribution in [1.82, 2.24) is 15.2 Å². The number of carbonyl (C=O) groups is 2. The Hall–Kier alpha value is -2.34. The second kappa shape index (κ2) is 5.59. The van der Waals surface area contributed by atoms with Gasteiger partial charge in [-0.1, -0.05) is 12.1 Å². The van der Waals surface area contributed by atoms with Crippen molar-refractivity contribution in [3.63, 3.8) is 0 Å². The standard InChI is InChI=1S/C19H22N4O2/c24-18-7-6-17(19(25)21-18)22-8-12-2-1-3-16(15(12)11-22)23-9-13-4-5-14(10-23)20-13/h1-3,8,11,13-14,17,20H,4-7,9-10H2,(H,21,24,25)/t13-,14+,17?. The lowest BCUT2D eigenvalue weighted by Gasteiger charge is -2.35. The third kappa shape index (κ3) is 2.52. The highest BCUT2D eigenvalue weighted by Gasteiger charge is 2.33. The molecule has 6 nitrogen and oxygen atoms in total. The molecule has 0 radical (unpaired) electrons. The minimum Gasteiger partial charge on any atom is -0.368 e. The van der Waals surface area contributed by atoms with Crippen LogP contribution in [0.3, 0.4) is 0 Å². The Labute approximate surface area is 146 Å². The molecule has 130 valence electrons. The number of aromatic nitrogens is 1. The number of amides is 2. The summed E-state index contributed by atoms with van der Waals surface area (Å²) < 4.78 is 1.98. The van der Waals surface area contributed by atoms with Crippen molar-refractivity contribution in [1.29, 1.82) is 0 Å². The van der Waals surface area contributed by atoms with Gasteiger partial charge in [-0.25, -0.2) is 0 Å². The summed E-state index contributed by atoms with van der Waals surface area (Å²) in [6.45, 7) is 2.08. The molecule has 2 aromatic rings. The van der Waals surface area contributed by atoms with Crippen molar-refractivity contribution in [2.24, 2.45) is 0 Å². The zero-order valence-corrected chi connectivity index (χ0v) is 14.1. The Kier molecular flexibility index (Phi) is 3.35. The van der Waals surface area contributed by atoms with Gasteiger partial charge in [0, 0.05) is 60.4 Å². The molecular formula is C19H22N4O2. The van der Waals surface area contributed by atoms with Gasteiger partial charge in [0.15, 0.2) is 0 Å². The summed E-state index contributed by atoms with van der Waals surface area (Å²) in [4.78, 5) is 26.1. The van der Waals surface area contributed by atoms with E-state index in [0.29, 0.717) is 24.9 Å². The summed E-state index contributed by atoms with van der Waals surface area (Å²) in [7, 11) is 0. The van der Waals surface area contributed by atoms with Gasteiger partial charge < -0.3 is 14.8 Å². The van der Waals surface area contributed by atoms with Gasteiger partial charge >= 0.3 is 0 Å². The zero-order valence-electron chi connectivity index (χ0n) is 14.1. The first kappa shape index (κ1) is 15.0. The molecule has 5 rings (SSSR count). The molecule has 3 aliphatic rings. The highest BCUT2D eigenvalue weighted by Crippen LogP contribution is 2.33. The second-order valence-corrected chi connectivity index (χ2v) is 7.50. The highest BCUT2D eigenvalue weighted by atomic mass is 16.2. The van der Waals surface area contributed by atoms with E-state index in [9.17, 15) is 9.59 Å². The van der Waals surface area contributed by atoms with Crippen molar-refractivity contribution in [2.75, 3.05) is 18.0 Å². The molecule has 3 aliphatic heterocycles.